The van der Waals surface area contributed by atoms with Gasteiger partial charge in [-0.05, 0) is 50.4 Å². The van der Waals surface area contributed by atoms with Crippen molar-refractivity contribution in [2.24, 2.45) is 0 Å². The molecular weight excluding hydrogens is 560 g/mol. The number of benzene rings is 2. The summed E-state index contributed by atoms with van der Waals surface area (Å²) in [6.07, 6.45) is -1.84. The van der Waals surface area contributed by atoms with E-state index in [9.17, 15) is 22.4 Å². The number of nitrogens with one attached hydrogen (secondary N) is 1. The van der Waals surface area contributed by atoms with E-state index in [2.05, 4.69) is 37.0 Å². The fourth-order valence-electron chi connectivity index (χ4n) is 4.46. The van der Waals surface area contributed by atoms with Crippen LogP contribution in [0.5, 0.6) is 23.1 Å². The van der Waals surface area contributed by atoms with Crippen molar-refractivity contribution in [1.29, 1.82) is 0 Å². The maximum atomic E-state index is 15.0. The number of halogens is 4. The van der Waals surface area contributed by atoms with Gasteiger partial charge in [0.05, 0.1) is 6.20 Å². The van der Waals surface area contributed by atoms with E-state index in [1.807, 2.05) is 6.92 Å². The summed E-state index contributed by atoms with van der Waals surface area (Å²) in [7, 11) is 2.11. The van der Waals surface area contributed by atoms with Gasteiger partial charge in [-0.2, -0.15) is 10.1 Å². The second-order valence-corrected chi connectivity index (χ2v) is 9.74. The molecule has 0 spiro atoms. The molecule has 1 N–H and O–H groups in total. The van der Waals surface area contributed by atoms with Crippen LogP contribution in [0.1, 0.15) is 15.9 Å². The molecule has 1 fully saturated rings. The smallest absolute Gasteiger partial charge is 0.490 e. The highest BCUT2D eigenvalue weighted by Crippen LogP contribution is 2.33. The molecule has 0 aliphatic carbocycles. The van der Waals surface area contributed by atoms with E-state index < -0.39 is 23.8 Å². The van der Waals surface area contributed by atoms with Crippen LogP contribution < -0.4 is 19.5 Å². The van der Waals surface area contributed by atoms with E-state index in [0.29, 0.717) is 17.9 Å². The largest absolute Gasteiger partial charge is 0.573 e. The number of anilines is 1. The summed E-state index contributed by atoms with van der Waals surface area (Å²) >= 11 is 0. The van der Waals surface area contributed by atoms with Gasteiger partial charge in [0.1, 0.15) is 29.9 Å². The third kappa shape index (κ3) is 7.06. The van der Waals surface area contributed by atoms with Gasteiger partial charge in [0.15, 0.2) is 11.6 Å². The van der Waals surface area contributed by atoms with Crippen LogP contribution in [-0.4, -0.2) is 83.0 Å². The van der Waals surface area contributed by atoms with Gasteiger partial charge in [0, 0.05) is 55.6 Å². The third-order valence-corrected chi connectivity index (χ3v) is 6.75. The van der Waals surface area contributed by atoms with Gasteiger partial charge in [-0.15, -0.1) is 13.2 Å². The molecule has 4 aromatic rings. The Hall–Kier alpha value is -4.43. The molecule has 0 atom stereocenters. The molecule has 10 nitrogen and oxygen atoms in total. The zero-order valence-electron chi connectivity index (χ0n) is 22.8. The Morgan fingerprint density at radius 3 is 2.48 bits per heavy atom. The molecule has 0 unspecified atom stereocenters. The van der Waals surface area contributed by atoms with Crippen LogP contribution in [0, 0.1) is 12.7 Å². The summed E-state index contributed by atoms with van der Waals surface area (Å²) in [6.45, 7) is 7.15. The first kappa shape index (κ1) is 29.1. The standard InChI is InChI=1S/C28H28F4N6O4/c1-18-24(40-14-13-37-11-9-36(2)10-12-37)16-38-25(18)27(33-17-34-38)41-23-8-5-20(15-22(23)29)35-26(39)19-3-6-21(7-4-19)42-28(30,31)32/h3-8,15-17H,9-14H2,1-2H3,(H,35,39). The number of aromatic nitrogens is 3. The molecule has 1 aliphatic heterocycles. The number of aryl methyl sites for hydroxylation is 1. The number of likely N-dealkylation sites (N-methyl/N-ethyl adjacent to an activating group) is 1. The van der Waals surface area contributed by atoms with E-state index in [4.69, 9.17) is 9.47 Å². The Bertz CT molecular complexity index is 1550. The van der Waals surface area contributed by atoms with Gasteiger partial charge in [-0.3, -0.25) is 9.69 Å². The summed E-state index contributed by atoms with van der Waals surface area (Å²) in [4.78, 5) is 21.3. The van der Waals surface area contributed by atoms with Crippen LogP contribution in [-0.2, 0) is 0 Å². The first-order valence-corrected chi connectivity index (χ1v) is 13.1. The minimum atomic E-state index is -4.84. The lowest BCUT2D eigenvalue weighted by molar-refractivity contribution is -0.274. The fraction of sp³-hybridized carbons (Fsp3) is 0.321. The number of hydrogen-bond acceptors (Lipinski definition) is 8. The van der Waals surface area contributed by atoms with E-state index in [0.717, 1.165) is 68.6 Å². The predicted octanol–water partition coefficient (Wildman–Crippen LogP) is 4.75. The zero-order valence-corrected chi connectivity index (χ0v) is 22.8. The fourth-order valence-corrected chi connectivity index (χ4v) is 4.46. The maximum Gasteiger partial charge on any atom is 0.573 e. The minimum absolute atomic E-state index is 0.0545. The molecule has 1 saturated heterocycles. The molecule has 2 aromatic heterocycles. The molecule has 222 valence electrons. The van der Waals surface area contributed by atoms with Gasteiger partial charge in [-0.1, -0.05) is 0 Å². The molecule has 2 aromatic carbocycles. The van der Waals surface area contributed by atoms with Crippen LogP contribution in [0.15, 0.2) is 55.0 Å². The maximum absolute atomic E-state index is 15.0. The highest BCUT2D eigenvalue weighted by atomic mass is 19.4. The lowest BCUT2D eigenvalue weighted by Gasteiger charge is -2.32. The number of amides is 1. The average molecular weight is 589 g/mol. The molecular formula is C28H28F4N6O4. The molecule has 0 radical (unpaired) electrons. The summed E-state index contributed by atoms with van der Waals surface area (Å²) in [5.74, 6) is -1.29. The number of fused-ring (bicyclic) bond motifs is 1. The van der Waals surface area contributed by atoms with E-state index in [-0.39, 0.29) is 22.9 Å². The topological polar surface area (TPSA) is 93.5 Å². The molecule has 3 heterocycles. The summed E-state index contributed by atoms with van der Waals surface area (Å²) < 4.78 is 69.2. The number of carbonyl (C=O) groups is 1. The highest BCUT2D eigenvalue weighted by Gasteiger charge is 2.31. The Morgan fingerprint density at radius 1 is 1.05 bits per heavy atom. The van der Waals surface area contributed by atoms with Gasteiger partial charge >= 0.3 is 6.36 Å². The summed E-state index contributed by atoms with van der Waals surface area (Å²) in [5, 5.41) is 6.71. The van der Waals surface area contributed by atoms with Crippen molar-refractivity contribution < 1.29 is 36.6 Å². The summed E-state index contributed by atoms with van der Waals surface area (Å²) in [6, 6.07) is 8.16. The van der Waals surface area contributed by atoms with Crippen molar-refractivity contribution in [3.63, 3.8) is 0 Å². The lowest BCUT2D eigenvalue weighted by atomic mass is 10.2. The number of nitrogens with zero attached hydrogens (tertiary/aromatic N) is 5. The van der Waals surface area contributed by atoms with Crippen LogP contribution in [0.4, 0.5) is 23.2 Å². The van der Waals surface area contributed by atoms with Crippen LogP contribution in [0.25, 0.3) is 5.52 Å². The Kier molecular flexibility index (Phi) is 8.45. The van der Waals surface area contributed by atoms with Gasteiger partial charge in [0.25, 0.3) is 5.91 Å². The van der Waals surface area contributed by atoms with Crippen molar-refractivity contribution in [1.82, 2.24) is 24.4 Å². The van der Waals surface area contributed by atoms with Gasteiger partial charge in [0.2, 0.25) is 5.88 Å². The Labute approximate surface area is 238 Å². The third-order valence-electron chi connectivity index (χ3n) is 6.75. The van der Waals surface area contributed by atoms with Crippen molar-refractivity contribution in [3.05, 3.63) is 71.9 Å². The Balaban J connectivity index is 1.23. The van der Waals surface area contributed by atoms with Crippen molar-refractivity contribution >= 4 is 17.1 Å². The second-order valence-electron chi connectivity index (χ2n) is 9.74. The second kappa shape index (κ2) is 12.2. The number of carbonyl (C=O) groups excluding carboxylic acids is 1. The van der Waals surface area contributed by atoms with E-state index in [1.54, 1.807) is 10.7 Å². The number of hydrogen-bond donors (Lipinski definition) is 1. The molecule has 0 saturated carbocycles. The number of alkyl halides is 3. The lowest BCUT2D eigenvalue weighted by Crippen LogP contribution is -2.45. The number of piperazine rings is 1. The summed E-state index contributed by atoms with van der Waals surface area (Å²) in [5.41, 5.74) is 1.42. The number of rotatable bonds is 9. The molecule has 14 heteroatoms. The quantitative estimate of drug-likeness (QED) is 0.280. The van der Waals surface area contributed by atoms with Gasteiger partial charge in [-0.25, -0.2) is 8.91 Å². The van der Waals surface area contributed by atoms with Crippen molar-refractivity contribution in [3.8, 4) is 23.1 Å². The van der Waals surface area contributed by atoms with E-state index in [1.165, 1.54) is 18.5 Å². The monoisotopic (exact) mass is 588 g/mol. The molecule has 42 heavy (non-hydrogen) atoms. The van der Waals surface area contributed by atoms with Crippen molar-refractivity contribution in [2.45, 2.75) is 13.3 Å². The molecule has 1 amide bonds. The SMILES string of the molecule is Cc1c(OCCN2CCN(C)CC2)cn2ncnc(Oc3ccc(NC(=O)c4ccc(OC(F)(F)F)cc4)cc3F)c12. The first-order chi connectivity index (χ1) is 20.1. The molecule has 0 bridgehead atoms. The number of ether oxygens (including phenoxy) is 3. The van der Waals surface area contributed by atoms with Crippen LogP contribution in [0.2, 0.25) is 0 Å². The van der Waals surface area contributed by atoms with Gasteiger partial charge < -0.3 is 24.4 Å². The predicted molar refractivity (Wildman–Crippen MR) is 145 cm³/mol. The van der Waals surface area contributed by atoms with Crippen molar-refractivity contribution in [2.75, 3.05) is 51.7 Å². The molecule has 1 aliphatic rings. The minimum Gasteiger partial charge on any atom is -0.490 e. The average Bonchev–Trinajstić information content (AvgIpc) is 3.26. The highest BCUT2D eigenvalue weighted by molar-refractivity contribution is 6.04. The molecule has 5 rings (SSSR count). The normalized spacial score (nSPS) is 14.6. The zero-order chi connectivity index (χ0) is 29.9. The van der Waals surface area contributed by atoms with Crippen LogP contribution in [0.3, 0.4) is 0 Å². The van der Waals surface area contributed by atoms with Crippen LogP contribution >= 0.6 is 0 Å². The first-order valence-electron chi connectivity index (χ1n) is 13.1. The van der Waals surface area contributed by atoms with E-state index >= 15 is 0 Å². The Morgan fingerprint density at radius 2 is 1.79 bits per heavy atom.